The highest BCUT2D eigenvalue weighted by Crippen LogP contribution is 2.17. The minimum absolute atomic E-state index is 0.972. The van der Waals surface area contributed by atoms with Crippen LogP contribution in [0, 0.1) is 0 Å². The van der Waals surface area contributed by atoms with E-state index in [0.29, 0.717) is 0 Å². The van der Waals surface area contributed by atoms with Crippen molar-refractivity contribution in [2.45, 2.75) is 6.42 Å². The van der Waals surface area contributed by atoms with Crippen LogP contribution in [0.5, 0.6) is 0 Å². The largest absolute Gasteiger partial charge is 0.312 e. The molecule has 0 unspecified atom stereocenters. The van der Waals surface area contributed by atoms with Gasteiger partial charge >= 0.3 is 0 Å². The molecule has 3 heteroatoms. The van der Waals surface area contributed by atoms with Gasteiger partial charge in [0.05, 0.1) is 18.0 Å². The Bertz CT molecular complexity index is 510. The first-order chi connectivity index (χ1) is 7.43. The van der Waals surface area contributed by atoms with Crippen LogP contribution in [0.4, 0.5) is 0 Å². The molecule has 0 amide bonds. The number of aromatic nitrogens is 2. The average Bonchev–Trinajstić information content (AvgIpc) is 2.77. The second-order valence-electron chi connectivity index (χ2n) is 3.84. The van der Waals surface area contributed by atoms with Crippen LogP contribution < -0.4 is 5.32 Å². The zero-order chi connectivity index (χ0) is 10.1. The number of nitrogens with one attached hydrogen (secondary N) is 1. The van der Waals surface area contributed by atoms with Gasteiger partial charge in [0, 0.05) is 12.7 Å². The van der Waals surface area contributed by atoms with Crippen molar-refractivity contribution in [1.82, 2.24) is 14.7 Å². The normalized spacial score (nSPS) is 16.7. The Morgan fingerprint density at radius 1 is 1.33 bits per heavy atom. The van der Waals surface area contributed by atoms with E-state index in [0.717, 1.165) is 25.0 Å². The summed E-state index contributed by atoms with van der Waals surface area (Å²) in [7, 11) is 0. The van der Waals surface area contributed by atoms with E-state index in [9.17, 15) is 0 Å². The van der Waals surface area contributed by atoms with Gasteiger partial charge in [-0.15, -0.1) is 0 Å². The third-order valence-electron chi connectivity index (χ3n) is 2.81. The molecule has 0 spiro atoms. The summed E-state index contributed by atoms with van der Waals surface area (Å²) < 4.78 is 2.06. The van der Waals surface area contributed by atoms with Gasteiger partial charge in [0.25, 0.3) is 0 Å². The molecule has 1 aliphatic heterocycles. The number of pyridine rings is 1. The van der Waals surface area contributed by atoms with Crippen LogP contribution in [0.15, 0.2) is 36.9 Å². The van der Waals surface area contributed by atoms with Gasteiger partial charge in [-0.3, -0.25) is 0 Å². The number of rotatable bonds is 1. The molecular weight excluding hydrogens is 186 g/mol. The predicted molar refractivity (Wildman–Crippen MR) is 60.7 cm³/mol. The zero-order valence-corrected chi connectivity index (χ0v) is 8.48. The Kier molecular flexibility index (Phi) is 2.03. The van der Waals surface area contributed by atoms with E-state index >= 15 is 0 Å². The summed E-state index contributed by atoms with van der Waals surface area (Å²) in [6.45, 7) is 2.07. The molecule has 3 heterocycles. The Balaban J connectivity index is 2.06. The first kappa shape index (κ1) is 8.68. The van der Waals surface area contributed by atoms with Gasteiger partial charge < -0.3 is 9.72 Å². The van der Waals surface area contributed by atoms with E-state index in [1.807, 2.05) is 12.5 Å². The van der Waals surface area contributed by atoms with Gasteiger partial charge in [-0.1, -0.05) is 12.1 Å². The van der Waals surface area contributed by atoms with Crippen LogP contribution in [0.3, 0.4) is 0 Å². The lowest BCUT2D eigenvalue weighted by molar-refractivity contribution is 0.739. The molecule has 0 aromatic carbocycles. The van der Waals surface area contributed by atoms with Crippen LogP contribution in [-0.4, -0.2) is 22.5 Å². The van der Waals surface area contributed by atoms with Crippen LogP contribution >= 0.6 is 0 Å². The summed E-state index contributed by atoms with van der Waals surface area (Å²) in [6.07, 6.45) is 9.29. The molecule has 76 valence electrons. The van der Waals surface area contributed by atoms with Crippen molar-refractivity contribution in [3.8, 4) is 0 Å². The summed E-state index contributed by atoms with van der Waals surface area (Å²) in [5.74, 6) is 0. The van der Waals surface area contributed by atoms with Crippen molar-refractivity contribution in [1.29, 1.82) is 0 Å². The molecule has 15 heavy (non-hydrogen) atoms. The van der Waals surface area contributed by atoms with Gasteiger partial charge in [0.2, 0.25) is 0 Å². The molecule has 0 saturated heterocycles. The van der Waals surface area contributed by atoms with Crippen molar-refractivity contribution < 1.29 is 0 Å². The lowest BCUT2D eigenvalue weighted by Gasteiger charge is -2.14. The highest BCUT2D eigenvalue weighted by atomic mass is 15.0. The van der Waals surface area contributed by atoms with Gasteiger partial charge in [0.1, 0.15) is 0 Å². The Hall–Kier alpha value is -1.61. The highest BCUT2D eigenvalue weighted by Gasteiger charge is 2.05. The van der Waals surface area contributed by atoms with Crippen LogP contribution in [-0.2, 0) is 0 Å². The maximum atomic E-state index is 4.12. The van der Waals surface area contributed by atoms with Crippen molar-refractivity contribution in [2.75, 3.05) is 13.1 Å². The lowest BCUT2D eigenvalue weighted by atomic mass is 10.0. The summed E-state index contributed by atoms with van der Waals surface area (Å²) in [4.78, 5) is 4.12. The van der Waals surface area contributed by atoms with Gasteiger partial charge in [-0.2, -0.15) is 0 Å². The van der Waals surface area contributed by atoms with E-state index in [2.05, 4.69) is 39.1 Å². The molecule has 0 atom stereocenters. The minimum Gasteiger partial charge on any atom is -0.312 e. The van der Waals surface area contributed by atoms with Gasteiger partial charge in [-0.05, 0) is 30.2 Å². The van der Waals surface area contributed by atoms with Crippen molar-refractivity contribution in [3.05, 3.63) is 42.5 Å². The van der Waals surface area contributed by atoms with Crippen molar-refractivity contribution >= 4 is 11.1 Å². The summed E-state index contributed by atoms with van der Waals surface area (Å²) >= 11 is 0. The summed E-state index contributed by atoms with van der Waals surface area (Å²) in [5, 5.41) is 3.38. The second kappa shape index (κ2) is 3.51. The summed E-state index contributed by atoms with van der Waals surface area (Å²) in [5.41, 5.74) is 3.81. The average molecular weight is 199 g/mol. The molecule has 0 fully saturated rings. The molecule has 1 aliphatic rings. The van der Waals surface area contributed by atoms with Crippen LogP contribution in [0.1, 0.15) is 12.0 Å². The zero-order valence-electron chi connectivity index (χ0n) is 8.48. The molecule has 1 N–H and O–H groups in total. The first-order valence-electron chi connectivity index (χ1n) is 5.25. The number of hydrogen-bond acceptors (Lipinski definition) is 2. The van der Waals surface area contributed by atoms with Crippen molar-refractivity contribution in [3.63, 3.8) is 0 Å². The maximum Gasteiger partial charge on any atom is 0.0992 e. The third kappa shape index (κ3) is 1.55. The van der Waals surface area contributed by atoms with E-state index in [4.69, 9.17) is 0 Å². The van der Waals surface area contributed by atoms with E-state index in [-0.39, 0.29) is 0 Å². The quantitative estimate of drug-likeness (QED) is 0.757. The molecule has 0 radical (unpaired) electrons. The first-order valence-corrected chi connectivity index (χ1v) is 5.25. The molecule has 2 aromatic heterocycles. The third-order valence-corrected chi connectivity index (χ3v) is 2.81. The Morgan fingerprint density at radius 3 is 3.20 bits per heavy atom. The molecule has 0 saturated carbocycles. The van der Waals surface area contributed by atoms with Crippen LogP contribution in [0.25, 0.3) is 11.1 Å². The monoisotopic (exact) mass is 199 g/mol. The number of hydrogen-bond donors (Lipinski definition) is 1. The standard InChI is InChI=1S/C12H13N3/c1-2-10(6-13-5-1)11-3-4-12-7-14-9-15(12)8-11/h2-4,7-9,13H,1,5-6H2. The highest BCUT2D eigenvalue weighted by molar-refractivity contribution is 5.68. The van der Waals surface area contributed by atoms with E-state index in [1.165, 1.54) is 11.1 Å². The topological polar surface area (TPSA) is 29.3 Å². The SMILES string of the molecule is C1=C(c2ccc3cncn3c2)CNCC1. The van der Waals surface area contributed by atoms with Crippen molar-refractivity contribution in [2.24, 2.45) is 0 Å². The maximum absolute atomic E-state index is 4.12. The Labute approximate surface area is 88.4 Å². The smallest absolute Gasteiger partial charge is 0.0992 e. The fourth-order valence-corrected chi connectivity index (χ4v) is 1.97. The molecular formula is C12H13N3. The molecule has 0 aliphatic carbocycles. The lowest BCUT2D eigenvalue weighted by Crippen LogP contribution is -2.21. The predicted octanol–water partition coefficient (Wildman–Crippen LogP) is 1.71. The van der Waals surface area contributed by atoms with E-state index in [1.54, 1.807) is 0 Å². The minimum atomic E-state index is 0.972. The summed E-state index contributed by atoms with van der Waals surface area (Å²) in [6, 6.07) is 4.27. The molecule has 2 aromatic rings. The number of nitrogens with zero attached hydrogens (tertiary/aromatic N) is 2. The fraction of sp³-hybridized carbons (Fsp3) is 0.250. The van der Waals surface area contributed by atoms with Gasteiger partial charge in [-0.25, -0.2) is 4.98 Å². The molecule has 0 bridgehead atoms. The molecule has 3 nitrogen and oxygen atoms in total. The van der Waals surface area contributed by atoms with Gasteiger partial charge in [0.15, 0.2) is 0 Å². The fourth-order valence-electron chi connectivity index (χ4n) is 1.97. The van der Waals surface area contributed by atoms with Crippen LogP contribution in [0.2, 0.25) is 0 Å². The number of imidazole rings is 1. The Morgan fingerprint density at radius 2 is 2.33 bits per heavy atom. The number of fused-ring (bicyclic) bond motifs is 1. The second-order valence-corrected chi connectivity index (χ2v) is 3.84. The van der Waals surface area contributed by atoms with E-state index < -0.39 is 0 Å². The molecule has 3 rings (SSSR count).